The van der Waals surface area contributed by atoms with Gasteiger partial charge in [0.05, 0.1) is 12.0 Å². The van der Waals surface area contributed by atoms with Crippen LogP contribution in [0.4, 0.5) is 5.69 Å². The molecule has 0 bridgehead atoms. The van der Waals surface area contributed by atoms with E-state index >= 15 is 0 Å². The van der Waals surface area contributed by atoms with Crippen molar-refractivity contribution in [1.29, 1.82) is 0 Å². The quantitative estimate of drug-likeness (QED) is 0.764. The normalized spacial score (nSPS) is 18.8. The molecule has 0 aliphatic carbocycles. The van der Waals surface area contributed by atoms with Crippen molar-refractivity contribution in [3.8, 4) is 5.75 Å². The Balaban J connectivity index is 1.42. The van der Waals surface area contributed by atoms with E-state index in [1.165, 1.54) is 17.4 Å². The summed E-state index contributed by atoms with van der Waals surface area (Å²) >= 11 is 1.45. The molecule has 0 unspecified atom stereocenters. The third-order valence-electron chi connectivity index (χ3n) is 4.71. The van der Waals surface area contributed by atoms with E-state index in [0.717, 1.165) is 42.7 Å². The predicted molar refractivity (Wildman–Crippen MR) is 111 cm³/mol. The third-order valence-corrected chi connectivity index (χ3v) is 5.75. The molecule has 0 atom stereocenters. The van der Waals surface area contributed by atoms with Crippen LogP contribution in [0.15, 0.2) is 64.5 Å². The van der Waals surface area contributed by atoms with Gasteiger partial charge in [-0.2, -0.15) is 4.99 Å². The summed E-state index contributed by atoms with van der Waals surface area (Å²) in [5.41, 5.74) is 2.13. The summed E-state index contributed by atoms with van der Waals surface area (Å²) in [5, 5.41) is 0.800. The van der Waals surface area contributed by atoms with Gasteiger partial charge >= 0.3 is 0 Å². The highest BCUT2D eigenvalue weighted by atomic mass is 32.2. The lowest BCUT2D eigenvalue weighted by Gasteiger charge is -2.36. The Kier molecular flexibility index (Phi) is 5.16. The van der Waals surface area contributed by atoms with E-state index in [1.807, 2.05) is 36.4 Å². The lowest BCUT2D eigenvalue weighted by molar-refractivity contribution is -0.113. The number of anilines is 1. The topological polar surface area (TPSA) is 45.1 Å². The van der Waals surface area contributed by atoms with Gasteiger partial charge in [-0.25, -0.2) is 0 Å². The van der Waals surface area contributed by atoms with E-state index in [0.29, 0.717) is 4.91 Å². The molecule has 4 rings (SSSR count). The smallest absolute Gasteiger partial charge is 0.286 e. The van der Waals surface area contributed by atoms with Crippen molar-refractivity contribution < 1.29 is 9.53 Å². The van der Waals surface area contributed by atoms with Crippen molar-refractivity contribution in [2.45, 2.75) is 0 Å². The monoisotopic (exact) mass is 379 g/mol. The molecule has 6 heteroatoms. The summed E-state index contributed by atoms with van der Waals surface area (Å²) in [6.07, 6.45) is 1.86. The van der Waals surface area contributed by atoms with Crippen LogP contribution in [0.25, 0.3) is 6.08 Å². The summed E-state index contributed by atoms with van der Waals surface area (Å²) in [4.78, 5) is 21.8. The Bertz CT molecular complexity index is 887. The summed E-state index contributed by atoms with van der Waals surface area (Å²) in [6.45, 7) is 3.55. The van der Waals surface area contributed by atoms with E-state index in [-0.39, 0.29) is 5.91 Å². The number of hydrogen-bond acceptors (Lipinski definition) is 5. The van der Waals surface area contributed by atoms with Crippen molar-refractivity contribution in [2.24, 2.45) is 4.99 Å². The van der Waals surface area contributed by atoms with Gasteiger partial charge in [0.15, 0.2) is 5.17 Å². The van der Waals surface area contributed by atoms with Crippen LogP contribution in [0.2, 0.25) is 0 Å². The van der Waals surface area contributed by atoms with Crippen molar-refractivity contribution >= 4 is 34.6 Å². The van der Waals surface area contributed by atoms with E-state index in [4.69, 9.17) is 4.74 Å². The minimum absolute atomic E-state index is 0.175. The second-order valence-corrected chi connectivity index (χ2v) is 7.37. The number of thioether (sulfide) groups is 1. The average Bonchev–Trinajstić information content (AvgIpc) is 3.09. The van der Waals surface area contributed by atoms with Gasteiger partial charge in [0, 0.05) is 37.4 Å². The van der Waals surface area contributed by atoms with Crippen LogP contribution in [0, 0.1) is 0 Å². The number of para-hydroxylation sites is 2. The van der Waals surface area contributed by atoms with E-state index in [9.17, 15) is 4.79 Å². The number of piperazine rings is 1. The number of nitrogens with zero attached hydrogens (tertiary/aromatic N) is 3. The first-order valence-corrected chi connectivity index (χ1v) is 9.77. The van der Waals surface area contributed by atoms with Gasteiger partial charge in [0.25, 0.3) is 5.91 Å². The number of methoxy groups -OCH3 is 1. The molecule has 0 saturated carbocycles. The first-order chi connectivity index (χ1) is 13.2. The van der Waals surface area contributed by atoms with Crippen LogP contribution in [0.3, 0.4) is 0 Å². The zero-order valence-corrected chi connectivity index (χ0v) is 16.0. The number of rotatable bonds is 3. The van der Waals surface area contributed by atoms with Gasteiger partial charge in [0.1, 0.15) is 5.75 Å². The fourth-order valence-corrected chi connectivity index (χ4v) is 4.21. The SMILES string of the molecule is COc1ccccc1C=C1SC(N2CCN(c3ccccc3)CC2)=NC1=O. The maximum Gasteiger partial charge on any atom is 0.286 e. The van der Waals surface area contributed by atoms with Crippen molar-refractivity contribution in [3.63, 3.8) is 0 Å². The predicted octanol–water partition coefficient (Wildman–Crippen LogP) is 3.49. The molecule has 2 aromatic rings. The second kappa shape index (κ2) is 7.88. The highest BCUT2D eigenvalue weighted by Crippen LogP contribution is 2.32. The van der Waals surface area contributed by atoms with Crippen LogP contribution in [0.5, 0.6) is 5.75 Å². The Labute approximate surface area is 163 Å². The minimum atomic E-state index is -0.175. The molecule has 0 radical (unpaired) electrons. The third kappa shape index (κ3) is 3.85. The highest BCUT2D eigenvalue weighted by Gasteiger charge is 2.28. The molecular formula is C21H21N3O2S. The van der Waals surface area contributed by atoms with E-state index in [1.54, 1.807) is 7.11 Å². The van der Waals surface area contributed by atoms with Gasteiger partial charge in [-0.15, -0.1) is 0 Å². The standard InChI is InChI=1S/C21H21N3O2S/c1-26-18-10-6-5-7-16(18)15-19-20(25)22-21(27-19)24-13-11-23(12-14-24)17-8-3-2-4-9-17/h2-10,15H,11-14H2,1H3. The Morgan fingerprint density at radius 1 is 0.963 bits per heavy atom. The first kappa shape index (κ1) is 17.7. The number of benzene rings is 2. The van der Waals surface area contributed by atoms with Crippen LogP contribution in [-0.4, -0.2) is 49.3 Å². The number of ether oxygens (including phenoxy) is 1. The van der Waals surface area contributed by atoms with Crippen molar-refractivity contribution in [2.75, 3.05) is 38.2 Å². The van der Waals surface area contributed by atoms with E-state index < -0.39 is 0 Å². The molecule has 27 heavy (non-hydrogen) atoms. The molecule has 1 fully saturated rings. The fraction of sp³-hybridized carbons (Fsp3) is 0.238. The zero-order chi connectivity index (χ0) is 18.6. The molecule has 2 aliphatic rings. The first-order valence-electron chi connectivity index (χ1n) is 8.95. The Hall–Kier alpha value is -2.73. The molecular weight excluding hydrogens is 358 g/mol. The molecule has 2 aromatic carbocycles. The summed E-state index contributed by atoms with van der Waals surface area (Å²) in [6, 6.07) is 18.1. The summed E-state index contributed by atoms with van der Waals surface area (Å²) < 4.78 is 5.37. The van der Waals surface area contributed by atoms with Crippen LogP contribution >= 0.6 is 11.8 Å². The molecule has 1 saturated heterocycles. The maximum atomic E-state index is 12.4. The van der Waals surface area contributed by atoms with Crippen molar-refractivity contribution in [3.05, 3.63) is 65.1 Å². The lowest BCUT2D eigenvalue weighted by Crippen LogP contribution is -2.47. The van der Waals surface area contributed by atoms with Crippen LogP contribution in [-0.2, 0) is 4.79 Å². The molecule has 138 valence electrons. The highest BCUT2D eigenvalue weighted by molar-refractivity contribution is 8.18. The van der Waals surface area contributed by atoms with Crippen molar-refractivity contribution in [1.82, 2.24) is 4.90 Å². The minimum Gasteiger partial charge on any atom is -0.496 e. The molecule has 0 spiro atoms. The number of aliphatic imine (C=N–C) groups is 1. The number of amidine groups is 1. The zero-order valence-electron chi connectivity index (χ0n) is 15.2. The Morgan fingerprint density at radius 2 is 1.63 bits per heavy atom. The molecule has 0 N–H and O–H groups in total. The molecule has 0 aromatic heterocycles. The largest absolute Gasteiger partial charge is 0.496 e. The van der Waals surface area contributed by atoms with Gasteiger partial charge in [-0.3, -0.25) is 4.79 Å². The van der Waals surface area contributed by atoms with Gasteiger partial charge < -0.3 is 14.5 Å². The Morgan fingerprint density at radius 3 is 2.37 bits per heavy atom. The summed E-state index contributed by atoms with van der Waals surface area (Å²) in [7, 11) is 1.63. The molecule has 2 heterocycles. The summed E-state index contributed by atoms with van der Waals surface area (Å²) in [5.74, 6) is 0.578. The fourth-order valence-electron chi connectivity index (χ4n) is 3.25. The lowest BCUT2D eigenvalue weighted by atomic mass is 10.2. The molecule has 2 aliphatic heterocycles. The second-order valence-electron chi connectivity index (χ2n) is 6.36. The van der Waals surface area contributed by atoms with Crippen LogP contribution in [0.1, 0.15) is 5.56 Å². The van der Waals surface area contributed by atoms with Gasteiger partial charge in [0.2, 0.25) is 0 Å². The van der Waals surface area contributed by atoms with E-state index in [2.05, 4.69) is 39.1 Å². The average molecular weight is 379 g/mol. The van der Waals surface area contributed by atoms with Gasteiger partial charge in [-0.05, 0) is 36.0 Å². The molecule has 5 nitrogen and oxygen atoms in total. The van der Waals surface area contributed by atoms with Crippen LogP contribution < -0.4 is 9.64 Å². The van der Waals surface area contributed by atoms with Gasteiger partial charge in [-0.1, -0.05) is 36.4 Å². The number of carbonyl (C=O) groups is 1. The molecule has 1 amide bonds. The number of amides is 1. The number of hydrogen-bond donors (Lipinski definition) is 0. The number of carbonyl (C=O) groups excluding carboxylic acids is 1. The maximum absolute atomic E-state index is 12.4.